The van der Waals surface area contributed by atoms with Crippen molar-refractivity contribution < 1.29 is 0 Å². The number of hydrogen-bond donors (Lipinski definition) is 0. The standard InChI is InChI=1S/C15H23N3/c1-5-8-18(10-9-17(3)4)15-7-6-14(12-16)11-13(15)2/h6-7,11H,5,8-10H2,1-4H3. The lowest BCUT2D eigenvalue weighted by Crippen LogP contribution is -2.32. The van der Waals surface area contributed by atoms with E-state index in [-0.39, 0.29) is 0 Å². The van der Waals surface area contributed by atoms with Crippen molar-refractivity contribution in [2.75, 3.05) is 38.6 Å². The smallest absolute Gasteiger partial charge is 0.0991 e. The third kappa shape index (κ3) is 4.05. The van der Waals surface area contributed by atoms with E-state index in [4.69, 9.17) is 5.26 Å². The van der Waals surface area contributed by atoms with E-state index in [9.17, 15) is 0 Å². The molecule has 0 spiro atoms. The van der Waals surface area contributed by atoms with Crippen LogP contribution in [0.4, 0.5) is 5.69 Å². The van der Waals surface area contributed by atoms with Crippen LogP contribution in [0.25, 0.3) is 0 Å². The molecule has 0 saturated carbocycles. The van der Waals surface area contributed by atoms with Gasteiger partial charge in [0.05, 0.1) is 11.6 Å². The summed E-state index contributed by atoms with van der Waals surface area (Å²) in [6.45, 7) is 7.39. The zero-order valence-electron chi connectivity index (χ0n) is 11.9. The maximum atomic E-state index is 8.90. The molecule has 1 aromatic rings. The van der Waals surface area contributed by atoms with Gasteiger partial charge in [-0.15, -0.1) is 0 Å². The molecular weight excluding hydrogens is 222 g/mol. The second-order valence-corrected chi connectivity index (χ2v) is 4.90. The molecule has 98 valence electrons. The first-order valence-corrected chi connectivity index (χ1v) is 6.49. The molecule has 0 N–H and O–H groups in total. The maximum Gasteiger partial charge on any atom is 0.0991 e. The van der Waals surface area contributed by atoms with E-state index in [0.717, 1.165) is 31.6 Å². The van der Waals surface area contributed by atoms with Crippen LogP contribution in [0.15, 0.2) is 18.2 Å². The monoisotopic (exact) mass is 245 g/mol. The first kappa shape index (κ1) is 14.5. The van der Waals surface area contributed by atoms with Gasteiger partial charge in [-0.3, -0.25) is 0 Å². The second-order valence-electron chi connectivity index (χ2n) is 4.90. The molecule has 0 amide bonds. The van der Waals surface area contributed by atoms with Crippen LogP contribution in [-0.2, 0) is 0 Å². The minimum Gasteiger partial charge on any atom is -0.370 e. The fourth-order valence-corrected chi connectivity index (χ4v) is 2.02. The van der Waals surface area contributed by atoms with E-state index in [2.05, 4.69) is 49.9 Å². The Balaban J connectivity index is 2.88. The van der Waals surface area contributed by atoms with Crippen LogP contribution in [-0.4, -0.2) is 38.6 Å². The molecule has 3 heteroatoms. The molecule has 0 heterocycles. The zero-order valence-corrected chi connectivity index (χ0v) is 11.9. The Morgan fingerprint density at radius 2 is 1.89 bits per heavy atom. The summed E-state index contributed by atoms with van der Waals surface area (Å²) in [5.74, 6) is 0. The van der Waals surface area contributed by atoms with Crippen LogP contribution in [0.2, 0.25) is 0 Å². The average Bonchev–Trinajstić information content (AvgIpc) is 2.34. The van der Waals surface area contributed by atoms with Gasteiger partial charge in [-0.2, -0.15) is 5.26 Å². The molecule has 1 aromatic carbocycles. The maximum absolute atomic E-state index is 8.90. The topological polar surface area (TPSA) is 30.3 Å². The highest BCUT2D eigenvalue weighted by atomic mass is 15.2. The Morgan fingerprint density at radius 3 is 2.39 bits per heavy atom. The quantitative estimate of drug-likeness (QED) is 0.772. The van der Waals surface area contributed by atoms with Crippen molar-refractivity contribution >= 4 is 5.69 Å². The van der Waals surface area contributed by atoms with Crippen LogP contribution in [0.1, 0.15) is 24.5 Å². The van der Waals surface area contributed by atoms with E-state index in [1.165, 1.54) is 11.3 Å². The molecule has 0 aliphatic carbocycles. The molecule has 3 nitrogen and oxygen atoms in total. The van der Waals surface area contributed by atoms with Gasteiger partial charge in [0.15, 0.2) is 0 Å². The van der Waals surface area contributed by atoms with Gasteiger partial charge in [0.25, 0.3) is 0 Å². The molecule has 0 saturated heterocycles. The SMILES string of the molecule is CCCN(CCN(C)C)c1ccc(C#N)cc1C. The molecule has 18 heavy (non-hydrogen) atoms. The highest BCUT2D eigenvalue weighted by Gasteiger charge is 2.09. The van der Waals surface area contributed by atoms with Crippen LogP contribution in [0.5, 0.6) is 0 Å². The van der Waals surface area contributed by atoms with Gasteiger partial charge < -0.3 is 9.80 Å². The Bertz CT molecular complexity index is 418. The highest BCUT2D eigenvalue weighted by molar-refractivity contribution is 5.56. The first-order chi connectivity index (χ1) is 8.58. The van der Waals surface area contributed by atoms with E-state index < -0.39 is 0 Å². The minimum absolute atomic E-state index is 0.736. The van der Waals surface area contributed by atoms with Crippen LogP contribution < -0.4 is 4.90 Å². The molecule has 1 rings (SSSR count). The van der Waals surface area contributed by atoms with Gasteiger partial charge >= 0.3 is 0 Å². The average molecular weight is 245 g/mol. The highest BCUT2D eigenvalue weighted by Crippen LogP contribution is 2.21. The van der Waals surface area contributed by atoms with Crippen molar-refractivity contribution in [2.24, 2.45) is 0 Å². The van der Waals surface area contributed by atoms with Crippen LogP contribution in [0, 0.1) is 18.3 Å². The number of anilines is 1. The zero-order chi connectivity index (χ0) is 13.5. The van der Waals surface area contributed by atoms with E-state index in [1.807, 2.05) is 12.1 Å². The van der Waals surface area contributed by atoms with E-state index in [0.29, 0.717) is 0 Å². The Morgan fingerprint density at radius 1 is 1.17 bits per heavy atom. The Kier molecular flexibility index (Phi) is 5.67. The van der Waals surface area contributed by atoms with Gasteiger partial charge in [-0.25, -0.2) is 0 Å². The summed E-state index contributed by atoms with van der Waals surface area (Å²) in [6, 6.07) is 8.13. The summed E-state index contributed by atoms with van der Waals surface area (Å²) in [7, 11) is 4.19. The predicted molar refractivity (Wildman–Crippen MR) is 77.0 cm³/mol. The normalized spacial score (nSPS) is 10.4. The molecule has 0 bridgehead atoms. The van der Waals surface area contributed by atoms with Crippen molar-refractivity contribution in [1.82, 2.24) is 4.90 Å². The molecule has 0 atom stereocenters. The molecule has 0 aromatic heterocycles. The lowest BCUT2D eigenvalue weighted by molar-refractivity contribution is 0.413. The van der Waals surface area contributed by atoms with Crippen LogP contribution >= 0.6 is 0 Å². The van der Waals surface area contributed by atoms with Gasteiger partial charge in [-0.05, 0) is 51.2 Å². The van der Waals surface area contributed by atoms with Crippen molar-refractivity contribution in [2.45, 2.75) is 20.3 Å². The minimum atomic E-state index is 0.736. The molecule has 0 aliphatic rings. The second kappa shape index (κ2) is 7.03. The Labute approximate surface area is 111 Å². The third-order valence-electron chi connectivity index (χ3n) is 2.98. The van der Waals surface area contributed by atoms with Crippen molar-refractivity contribution in [3.63, 3.8) is 0 Å². The largest absolute Gasteiger partial charge is 0.370 e. The van der Waals surface area contributed by atoms with Crippen molar-refractivity contribution in [3.8, 4) is 6.07 Å². The third-order valence-corrected chi connectivity index (χ3v) is 2.98. The number of nitrogens with zero attached hydrogens (tertiary/aromatic N) is 3. The first-order valence-electron chi connectivity index (χ1n) is 6.49. The molecule has 0 unspecified atom stereocenters. The number of rotatable bonds is 6. The summed E-state index contributed by atoms with van der Waals surface area (Å²) >= 11 is 0. The molecular formula is C15H23N3. The Hall–Kier alpha value is -1.53. The number of benzene rings is 1. The summed E-state index contributed by atoms with van der Waals surface area (Å²) in [5, 5.41) is 8.90. The number of nitriles is 1. The summed E-state index contributed by atoms with van der Waals surface area (Å²) in [6.07, 6.45) is 1.13. The summed E-state index contributed by atoms with van der Waals surface area (Å²) < 4.78 is 0. The van der Waals surface area contributed by atoms with Crippen molar-refractivity contribution in [3.05, 3.63) is 29.3 Å². The lowest BCUT2D eigenvalue weighted by atomic mass is 10.1. The van der Waals surface area contributed by atoms with Gasteiger partial charge in [0.1, 0.15) is 0 Å². The lowest BCUT2D eigenvalue weighted by Gasteiger charge is -2.27. The fraction of sp³-hybridized carbons (Fsp3) is 0.533. The molecule has 0 aliphatic heterocycles. The van der Waals surface area contributed by atoms with E-state index in [1.54, 1.807) is 0 Å². The predicted octanol–water partition coefficient (Wildman–Crippen LogP) is 2.64. The van der Waals surface area contributed by atoms with E-state index >= 15 is 0 Å². The molecule has 0 radical (unpaired) electrons. The molecule has 0 fully saturated rings. The number of hydrogen-bond acceptors (Lipinski definition) is 3. The number of likely N-dealkylation sites (N-methyl/N-ethyl adjacent to an activating group) is 1. The fourth-order valence-electron chi connectivity index (χ4n) is 2.02. The van der Waals surface area contributed by atoms with Crippen LogP contribution in [0.3, 0.4) is 0 Å². The van der Waals surface area contributed by atoms with Gasteiger partial charge in [-0.1, -0.05) is 6.92 Å². The van der Waals surface area contributed by atoms with Gasteiger partial charge in [0, 0.05) is 25.3 Å². The van der Waals surface area contributed by atoms with Gasteiger partial charge in [0.2, 0.25) is 0 Å². The number of aryl methyl sites for hydroxylation is 1. The summed E-state index contributed by atoms with van der Waals surface area (Å²) in [5.41, 5.74) is 3.17. The van der Waals surface area contributed by atoms with Crippen molar-refractivity contribution in [1.29, 1.82) is 5.26 Å². The summed E-state index contributed by atoms with van der Waals surface area (Å²) in [4.78, 5) is 4.60.